The van der Waals surface area contributed by atoms with Gasteiger partial charge in [-0.1, -0.05) is 52.4 Å². The molecule has 1 aromatic heterocycles. The van der Waals surface area contributed by atoms with Gasteiger partial charge in [0.1, 0.15) is 5.56 Å². The molecule has 1 rings (SSSR count). The summed E-state index contributed by atoms with van der Waals surface area (Å²) in [5.74, 6) is 3.46. The number of aromatic hydroxyl groups is 1. The van der Waals surface area contributed by atoms with E-state index in [1.54, 1.807) is 16.4 Å². The number of unbranched alkanes of at least 4 members (excludes halogenated alkanes) is 6. The second-order valence-corrected chi connectivity index (χ2v) is 9.11. The number of carbonyl (C=O) groups excluding carboxylic acids is 1. The molecule has 1 aromatic rings. The Bertz CT molecular complexity index is 585. The predicted octanol–water partition coefficient (Wildman–Crippen LogP) is 5.14. The lowest BCUT2D eigenvalue weighted by Gasteiger charge is -2.12. The first kappa shape index (κ1) is 24.2. The average molecular weight is 417 g/mol. The Balaban J connectivity index is 2.49. The first-order valence-electron chi connectivity index (χ1n) is 10.3. The molecule has 0 saturated carbocycles. The van der Waals surface area contributed by atoms with Crippen LogP contribution in [-0.2, 0) is 12.4 Å². The molecule has 0 spiro atoms. The zero-order chi connectivity index (χ0) is 19.9. The quantitative estimate of drug-likeness (QED) is 0.281. The molecule has 0 amide bonds. The van der Waals surface area contributed by atoms with Crippen LogP contribution in [0.4, 0.5) is 0 Å². The average Bonchev–Trinajstić information content (AvgIpc) is 2.89. The van der Waals surface area contributed by atoms with Gasteiger partial charge in [-0.15, -0.1) is 11.8 Å². The van der Waals surface area contributed by atoms with Gasteiger partial charge in [0.25, 0.3) is 5.56 Å². The second-order valence-electron chi connectivity index (χ2n) is 6.81. The summed E-state index contributed by atoms with van der Waals surface area (Å²) >= 11 is 3.61. The van der Waals surface area contributed by atoms with E-state index < -0.39 is 0 Å². The molecule has 0 radical (unpaired) electrons. The maximum absolute atomic E-state index is 12.4. The van der Waals surface area contributed by atoms with Crippen molar-refractivity contribution in [1.29, 1.82) is 0 Å². The van der Waals surface area contributed by atoms with Crippen molar-refractivity contribution in [3.63, 3.8) is 0 Å². The monoisotopic (exact) mass is 416 g/mol. The number of hydrogen-bond donors (Lipinski definition) is 1. The molecule has 7 heteroatoms. The van der Waals surface area contributed by atoms with Gasteiger partial charge in [0, 0.05) is 6.54 Å². The molecule has 27 heavy (non-hydrogen) atoms. The van der Waals surface area contributed by atoms with Crippen molar-refractivity contribution in [3.05, 3.63) is 15.9 Å². The van der Waals surface area contributed by atoms with E-state index in [0.717, 1.165) is 30.1 Å². The van der Waals surface area contributed by atoms with Crippen molar-refractivity contribution in [2.24, 2.45) is 0 Å². The summed E-state index contributed by atoms with van der Waals surface area (Å²) in [6.45, 7) is 4.94. The molecule has 0 aliphatic heterocycles. The molecule has 0 aliphatic carbocycles. The van der Waals surface area contributed by atoms with Crippen LogP contribution < -0.4 is 5.56 Å². The van der Waals surface area contributed by atoms with Gasteiger partial charge in [0.2, 0.25) is 5.88 Å². The Morgan fingerprint density at radius 2 is 1.44 bits per heavy atom. The molecule has 0 bridgehead atoms. The molecular weight excluding hydrogens is 380 g/mol. The largest absolute Gasteiger partial charge is 0.493 e. The summed E-state index contributed by atoms with van der Waals surface area (Å²) in [4.78, 5) is 23.6. The van der Waals surface area contributed by atoms with Crippen LogP contribution >= 0.6 is 23.5 Å². The Morgan fingerprint density at radius 3 is 2.04 bits per heavy atom. The fraction of sp³-hybridized carbons (Fsp3) is 0.800. The van der Waals surface area contributed by atoms with E-state index in [0.29, 0.717) is 18.7 Å². The zero-order valence-electron chi connectivity index (χ0n) is 17.0. The number of thioether (sulfide) groups is 2. The third-order valence-corrected chi connectivity index (χ3v) is 6.68. The molecule has 0 aromatic carbocycles. The summed E-state index contributed by atoms with van der Waals surface area (Å²) in [6, 6.07) is 0. The van der Waals surface area contributed by atoms with Crippen molar-refractivity contribution >= 4 is 29.8 Å². The first-order valence-corrected chi connectivity index (χ1v) is 12.6. The van der Waals surface area contributed by atoms with Crippen LogP contribution in [0, 0.1) is 0 Å². The summed E-state index contributed by atoms with van der Waals surface area (Å²) in [6.07, 6.45) is 11.2. The van der Waals surface area contributed by atoms with Crippen LogP contribution in [0.15, 0.2) is 4.79 Å². The minimum absolute atomic E-state index is 0.117. The van der Waals surface area contributed by atoms with Crippen LogP contribution in [0.2, 0.25) is 0 Å². The van der Waals surface area contributed by atoms with Crippen LogP contribution in [0.25, 0.3) is 0 Å². The minimum atomic E-state index is -0.373. The molecule has 0 atom stereocenters. The van der Waals surface area contributed by atoms with Crippen molar-refractivity contribution in [2.45, 2.75) is 84.1 Å². The van der Waals surface area contributed by atoms with Crippen molar-refractivity contribution < 1.29 is 9.90 Å². The lowest BCUT2D eigenvalue weighted by atomic mass is 10.2. The van der Waals surface area contributed by atoms with Crippen molar-refractivity contribution in [3.8, 4) is 5.88 Å². The Hall–Kier alpha value is -0.820. The molecule has 1 heterocycles. The summed E-state index contributed by atoms with van der Waals surface area (Å²) in [5.41, 5.74) is -0.490. The zero-order valence-corrected chi connectivity index (χ0v) is 18.6. The molecule has 1 N–H and O–H groups in total. The lowest BCUT2D eigenvalue weighted by Crippen LogP contribution is -2.24. The fourth-order valence-corrected chi connectivity index (χ4v) is 4.80. The number of rotatable bonds is 17. The number of nitrogens with zero attached hydrogens (tertiary/aromatic N) is 2. The maximum atomic E-state index is 12.4. The van der Waals surface area contributed by atoms with Gasteiger partial charge >= 0.3 is 0 Å². The standard InChI is InChI=1S/C20H36N2O3S2/c1-3-5-7-9-13-26-15-11-12-21-19(24)18(16-23)20(25)22(21)17-27-14-10-8-6-4-2/h16,25H,3-15,17H2,1-2H3. The van der Waals surface area contributed by atoms with Gasteiger partial charge in [-0.05, 0) is 36.5 Å². The molecule has 0 aliphatic rings. The Kier molecular flexibility index (Phi) is 13.6. The summed E-state index contributed by atoms with van der Waals surface area (Å²) in [7, 11) is 0. The van der Waals surface area contributed by atoms with E-state index in [2.05, 4.69) is 13.8 Å². The molecule has 0 fully saturated rings. The van der Waals surface area contributed by atoms with E-state index in [9.17, 15) is 14.7 Å². The van der Waals surface area contributed by atoms with Gasteiger partial charge in [0.05, 0.1) is 5.88 Å². The smallest absolute Gasteiger partial charge is 0.281 e. The Labute approximate surface area is 172 Å². The fourth-order valence-electron chi connectivity index (χ4n) is 2.89. The summed E-state index contributed by atoms with van der Waals surface area (Å²) in [5, 5.41) is 10.2. The molecular formula is C20H36N2O3S2. The van der Waals surface area contributed by atoms with Crippen molar-refractivity contribution in [2.75, 3.05) is 17.3 Å². The number of carbonyl (C=O) groups is 1. The number of aromatic nitrogens is 2. The molecule has 0 saturated heterocycles. The SMILES string of the molecule is CCCCCCSCCCn1c(=O)c(C=O)c(O)n1CSCCCCCC. The Morgan fingerprint density at radius 1 is 0.852 bits per heavy atom. The van der Waals surface area contributed by atoms with Crippen LogP contribution in [0.3, 0.4) is 0 Å². The van der Waals surface area contributed by atoms with Gasteiger partial charge < -0.3 is 5.11 Å². The number of hydrogen-bond acceptors (Lipinski definition) is 5. The second kappa shape index (κ2) is 15.1. The van der Waals surface area contributed by atoms with E-state index in [4.69, 9.17) is 0 Å². The number of aldehydes is 1. The molecule has 156 valence electrons. The highest BCUT2D eigenvalue weighted by Crippen LogP contribution is 2.19. The minimum Gasteiger partial charge on any atom is -0.493 e. The van der Waals surface area contributed by atoms with E-state index in [1.165, 1.54) is 49.6 Å². The van der Waals surface area contributed by atoms with Crippen LogP contribution in [0.1, 0.15) is 82.0 Å². The van der Waals surface area contributed by atoms with Gasteiger partial charge in [-0.2, -0.15) is 11.8 Å². The van der Waals surface area contributed by atoms with Gasteiger partial charge in [0.15, 0.2) is 6.29 Å². The van der Waals surface area contributed by atoms with Gasteiger partial charge in [-0.3, -0.25) is 9.59 Å². The topological polar surface area (TPSA) is 64.2 Å². The highest BCUT2D eigenvalue weighted by Gasteiger charge is 2.18. The third kappa shape index (κ3) is 8.81. The molecule has 5 nitrogen and oxygen atoms in total. The van der Waals surface area contributed by atoms with E-state index in [1.807, 2.05) is 11.8 Å². The van der Waals surface area contributed by atoms with E-state index >= 15 is 0 Å². The normalized spacial score (nSPS) is 11.2. The van der Waals surface area contributed by atoms with Gasteiger partial charge in [-0.25, -0.2) is 9.36 Å². The lowest BCUT2D eigenvalue weighted by molar-refractivity contribution is 0.111. The third-order valence-electron chi connectivity index (χ3n) is 4.52. The molecule has 0 unspecified atom stereocenters. The van der Waals surface area contributed by atoms with Crippen molar-refractivity contribution in [1.82, 2.24) is 9.36 Å². The maximum Gasteiger partial charge on any atom is 0.281 e. The highest BCUT2D eigenvalue weighted by atomic mass is 32.2. The summed E-state index contributed by atoms with van der Waals surface area (Å²) < 4.78 is 3.11. The van der Waals surface area contributed by atoms with E-state index in [-0.39, 0.29) is 17.0 Å². The van der Waals surface area contributed by atoms with Crippen LogP contribution in [0.5, 0.6) is 5.88 Å². The highest BCUT2D eigenvalue weighted by molar-refractivity contribution is 7.99. The predicted molar refractivity (Wildman–Crippen MR) is 118 cm³/mol. The first-order chi connectivity index (χ1) is 13.2. The van der Waals surface area contributed by atoms with Crippen LogP contribution in [-0.4, -0.2) is 38.0 Å².